The fraction of sp³-hybridized carbons (Fsp3) is 0.294. The first-order valence-corrected chi connectivity index (χ1v) is 7.42. The molecule has 1 saturated heterocycles. The SMILES string of the molecule is CC(C(=O)Nc1ccc(Oc2ccncc2)cc1)C1CNC1. The van der Waals surface area contributed by atoms with Crippen LogP contribution in [0.1, 0.15) is 6.92 Å². The van der Waals surface area contributed by atoms with Gasteiger partial charge in [-0.15, -0.1) is 0 Å². The molecule has 0 aliphatic carbocycles. The van der Waals surface area contributed by atoms with Crippen LogP contribution in [0.25, 0.3) is 0 Å². The van der Waals surface area contributed by atoms with Gasteiger partial charge in [0.25, 0.3) is 0 Å². The van der Waals surface area contributed by atoms with Crippen molar-refractivity contribution in [1.82, 2.24) is 10.3 Å². The summed E-state index contributed by atoms with van der Waals surface area (Å²) in [6, 6.07) is 11.0. The Labute approximate surface area is 129 Å². The molecule has 0 bridgehead atoms. The predicted molar refractivity (Wildman–Crippen MR) is 84.9 cm³/mol. The molecule has 0 radical (unpaired) electrons. The summed E-state index contributed by atoms with van der Waals surface area (Å²) in [6.45, 7) is 3.82. The van der Waals surface area contributed by atoms with Crippen molar-refractivity contribution in [2.75, 3.05) is 18.4 Å². The summed E-state index contributed by atoms with van der Waals surface area (Å²) in [7, 11) is 0. The van der Waals surface area contributed by atoms with Gasteiger partial charge in [-0.2, -0.15) is 0 Å². The lowest BCUT2D eigenvalue weighted by molar-refractivity contribution is -0.121. The Morgan fingerprint density at radius 1 is 1.18 bits per heavy atom. The van der Waals surface area contributed by atoms with Crippen molar-refractivity contribution in [3.63, 3.8) is 0 Å². The first-order valence-electron chi connectivity index (χ1n) is 7.42. The molecule has 1 atom stereocenters. The van der Waals surface area contributed by atoms with Gasteiger partial charge in [0.2, 0.25) is 5.91 Å². The first kappa shape index (κ1) is 14.5. The monoisotopic (exact) mass is 297 g/mol. The van der Waals surface area contributed by atoms with E-state index in [4.69, 9.17) is 4.74 Å². The molecule has 1 fully saturated rings. The number of carbonyl (C=O) groups excluding carboxylic acids is 1. The van der Waals surface area contributed by atoms with Crippen molar-refractivity contribution in [2.24, 2.45) is 11.8 Å². The lowest BCUT2D eigenvalue weighted by atomic mass is 9.88. The van der Waals surface area contributed by atoms with Gasteiger partial charge in [-0.05, 0) is 55.4 Å². The maximum atomic E-state index is 12.1. The van der Waals surface area contributed by atoms with Crippen LogP contribution >= 0.6 is 0 Å². The molecule has 1 aliphatic heterocycles. The van der Waals surface area contributed by atoms with E-state index in [1.54, 1.807) is 24.5 Å². The van der Waals surface area contributed by atoms with E-state index in [-0.39, 0.29) is 11.8 Å². The normalized spacial score (nSPS) is 15.7. The summed E-state index contributed by atoms with van der Waals surface area (Å²) >= 11 is 0. The summed E-state index contributed by atoms with van der Waals surface area (Å²) in [4.78, 5) is 16.1. The Kier molecular flexibility index (Phi) is 4.34. The molecule has 114 valence electrons. The van der Waals surface area contributed by atoms with E-state index < -0.39 is 0 Å². The fourth-order valence-electron chi connectivity index (χ4n) is 2.28. The lowest BCUT2D eigenvalue weighted by Crippen LogP contribution is -2.48. The van der Waals surface area contributed by atoms with E-state index in [0.717, 1.165) is 30.3 Å². The maximum Gasteiger partial charge on any atom is 0.227 e. The molecule has 22 heavy (non-hydrogen) atoms. The van der Waals surface area contributed by atoms with Gasteiger partial charge in [-0.3, -0.25) is 9.78 Å². The molecule has 1 amide bonds. The summed E-state index contributed by atoms with van der Waals surface area (Å²) in [5, 5.41) is 6.14. The fourth-order valence-corrected chi connectivity index (χ4v) is 2.28. The van der Waals surface area contributed by atoms with Gasteiger partial charge in [0.15, 0.2) is 0 Å². The zero-order valence-corrected chi connectivity index (χ0v) is 12.5. The van der Waals surface area contributed by atoms with Crippen LogP contribution in [0.3, 0.4) is 0 Å². The molecule has 1 unspecified atom stereocenters. The number of ether oxygens (including phenoxy) is 1. The van der Waals surface area contributed by atoms with E-state index >= 15 is 0 Å². The minimum Gasteiger partial charge on any atom is -0.457 e. The molecule has 3 rings (SSSR count). The van der Waals surface area contributed by atoms with Crippen molar-refractivity contribution >= 4 is 11.6 Å². The summed E-state index contributed by atoms with van der Waals surface area (Å²) in [5.74, 6) is 1.98. The minimum absolute atomic E-state index is 0.0222. The zero-order chi connectivity index (χ0) is 15.4. The van der Waals surface area contributed by atoms with Gasteiger partial charge in [-0.1, -0.05) is 6.92 Å². The number of hydrogen-bond donors (Lipinski definition) is 2. The van der Waals surface area contributed by atoms with Crippen LogP contribution in [0.2, 0.25) is 0 Å². The number of benzene rings is 1. The molecule has 1 aromatic carbocycles. The minimum atomic E-state index is 0.0222. The molecule has 1 aliphatic rings. The van der Waals surface area contributed by atoms with Crippen LogP contribution in [0.15, 0.2) is 48.8 Å². The van der Waals surface area contributed by atoms with Crippen LogP contribution in [-0.2, 0) is 4.79 Å². The number of rotatable bonds is 5. The van der Waals surface area contributed by atoms with Crippen molar-refractivity contribution < 1.29 is 9.53 Å². The second-order valence-corrected chi connectivity index (χ2v) is 5.51. The third-order valence-corrected chi connectivity index (χ3v) is 3.94. The van der Waals surface area contributed by atoms with E-state index in [1.165, 1.54) is 0 Å². The van der Waals surface area contributed by atoms with Gasteiger partial charge < -0.3 is 15.4 Å². The van der Waals surface area contributed by atoms with Gasteiger partial charge in [0.1, 0.15) is 11.5 Å². The maximum absolute atomic E-state index is 12.1. The predicted octanol–water partition coefficient (Wildman–Crippen LogP) is 2.67. The topological polar surface area (TPSA) is 63.2 Å². The summed E-state index contributed by atoms with van der Waals surface area (Å²) < 4.78 is 5.69. The average Bonchev–Trinajstić information content (AvgIpc) is 2.48. The molecule has 0 saturated carbocycles. The molecule has 0 spiro atoms. The first-order chi connectivity index (χ1) is 10.7. The largest absolute Gasteiger partial charge is 0.457 e. The quantitative estimate of drug-likeness (QED) is 0.890. The van der Waals surface area contributed by atoms with E-state index in [9.17, 15) is 4.79 Å². The van der Waals surface area contributed by atoms with Crippen molar-refractivity contribution in [1.29, 1.82) is 0 Å². The molecule has 2 aromatic rings. The third kappa shape index (κ3) is 3.43. The third-order valence-electron chi connectivity index (χ3n) is 3.94. The highest BCUT2D eigenvalue weighted by Crippen LogP contribution is 2.23. The Morgan fingerprint density at radius 3 is 2.41 bits per heavy atom. The highest BCUT2D eigenvalue weighted by molar-refractivity contribution is 5.92. The van der Waals surface area contributed by atoms with E-state index in [1.807, 2.05) is 31.2 Å². The highest BCUT2D eigenvalue weighted by atomic mass is 16.5. The number of carbonyl (C=O) groups is 1. The molecule has 5 nitrogen and oxygen atoms in total. The van der Waals surface area contributed by atoms with E-state index in [0.29, 0.717) is 5.92 Å². The number of nitrogens with one attached hydrogen (secondary N) is 2. The average molecular weight is 297 g/mol. The lowest BCUT2D eigenvalue weighted by Gasteiger charge is -2.31. The second kappa shape index (κ2) is 6.58. The van der Waals surface area contributed by atoms with Gasteiger partial charge in [0, 0.05) is 24.0 Å². The molecular weight excluding hydrogens is 278 g/mol. The Balaban J connectivity index is 1.58. The Morgan fingerprint density at radius 2 is 1.82 bits per heavy atom. The molecule has 5 heteroatoms. The second-order valence-electron chi connectivity index (χ2n) is 5.51. The van der Waals surface area contributed by atoms with Gasteiger partial charge in [0.05, 0.1) is 0 Å². The van der Waals surface area contributed by atoms with Crippen molar-refractivity contribution in [3.8, 4) is 11.5 Å². The van der Waals surface area contributed by atoms with Crippen LogP contribution in [0.4, 0.5) is 5.69 Å². The number of hydrogen-bond acceptors (Lipinski definition) is 4. The van der Waals surface area contributed by atoms with Crippen LogP contribution in [-0.4, -0.2) is 24.0 Å². The number of pyridine rings is 1. The Hall–Kier alpha value is -2.40. The number of nitrogens with zero attached hydrogens (tertiary/aromatic N) is 1. The van der Waals surface area contributed by atoms with Crippen LogP contribution in [0.5, 0.6) is 11.5 Å². The number of aromatic nitrogens is 1. The van der Waals surface area contributed by atoms with Crippen molar-refractivity contribution in [3.05, 3.63) is 48.8 Å². The van der Waals surface area contributed by atoms with E-state index in [2.05, 4.69) is 15.6 Å². The van der Waals surface area contributed by atoms with Crippen LogP contribution < -0.4 is 15.4 Å². The van der Waals surface area contributed by atoms with Gasteiger partial charge in [-0.25, -0.2) is 0 Å². The molecule has 2 N–H and O–H groups in total. The Bertz CT molecular complexity index is 624. The molecule has 1 aromatic heterocycles. The summed E-state index contributed by atoms with van der Waals surface area (Å²) in [6.07, 6.45) is 3.36. The standard InChI is InChI=1S/C17H19N3O2/c1-12(13-10-19-11-13)17(21)20-14-2-4-15(5-3-14)22-16-6-8-18-9-7-16/h2-9,12-13,19H,10-11H2,1H3,(H,20,21). The van der Waals surface area contributed by atoms with Crippen LogP contribution in [0, 0.1) is 11.8 Å². The van der Waals surface area contributed by atoms with Gasteiger partial charge >= 0.3 is 0 Å². The highest BCUT2D eigenvalue weighted by Gasteiger charge is 2.28. The smallest absolute Gasteiger partial charge is 0.227 e. The number of amides is 1. The summed E-state index contributed by atoms with van der Waals surface area (Å²) in [5.41, 5.74) is 0.784. The molecular formula is C17H19N3O2. The number of anilines is 1. The van der Waals surface area contributed by atoms with Crippen molar-refractivity contribution in [2.45, 2.75) is 6.92 Å². The zero-order valence-electron chi connectivity index (χ0n) is 12.5. The molecule has 2 heterocycles.